The minimum Gasteiger partial charge on any atom is -0.411 e. The third kappa shape index (κ3) is 3.08. The highest BCUT2D eigenvalue weighted by Crippen LogP contribution is 2.23. The zero-order chi connectivity index (χ0) is 13.8. The maximum absolute atomic E-state index is 10.9. The van der Waals surface area contributed by atoms with Gasteiger partial charge in [-0.05, 0) is 12.5 Å². The van der Waals surface area contributed by atoms with Gasteiger partial charge in [0.15, 0.2) is 0 Å². The zero-order valence-corrected chi connectivity index (χ0v) is 10.9. The lowest BCUT2D eigenvalue weighted by atomic mass is 10.0. The van der Waals surface area contributed by atoms with E-state index in [0.29, 0.717) is 6.54 Å². The van der Waals surface area contributed by atoms with Crippen LogP contribution in [0.25, 0.3) is 0 Å². The molecule has 0 unspecified atom stereocenters. The van der Waals surface area contributed by atoms with Crippen molar-refractivity contribution in [2.24, 2.45) is 5.16 Å². The van der Waals surface area contributed by atoms with Gasteiger partial charge in [-0.1, -0.05) is 17.3 Å². The van der Waals surface area contributed by atoms with Crippen LogP contribution in [0.1, 0.15) is 24.0 Å². The van der Waals surface area contributed by atoms with Gasteiger partial charge in [0.2, 0.25) is 0 Å². The Morgan fingerprint density at radius 3 is 2.68 bits per heavy atom. The molecular formula is C13H17N3O3. The van der Waals surface area contributed by atoms with E-state index in [0.717, 1.165) is 42.8 Å². The summed E-state index contributed by atoms with van der Waals surface area (Å²) in [4.78, 5) is 12.8. The van der Waals surface area contributed by atoms with Gasteiger partial charge in [-0.25, -0.2) is 0 Å². The topological polar surface area (TPSA) is 79.0 Å². The molecule has 19 heavy (non-hydrogen) atoms. The van der Waals surface area contributed by atoms with Crippen LogP contribution in [0.2, 0.25) is 0 Å². The van der Waals surface area contributed by atoms with Gasteiger partial charge in [0.25, 0.3) is 5.69 Å². The van der Waals surface area contributed by atoms with E-state index in [1.165, 1.54) is 6.07 Å². The molecule has 2 rings (SSSR count). The highest BCUT2D eigenvalue weighted by atomic mass is 16.6. The first-order valence-electron chi connectivity index (χ1n) is 6.27. The first-order chi connectivity index (χ1) is 9.11. The van der Waals surface area contributed by atoms with Gasteiger partial charge in [-0.3, -0.25) is 15.0 Å². The number of nitro benzene ring substituents is 1. The van der Waals surface area contributed by atoms with E-state index >= 15 is 0 Å². The van der Waals surface area contributed by atoms with Crippen LogP contribution < -0.4 is 0 Å². The lowest BCUT2D eigenvalue weighted by Gasteiger charge is -2.27. The van der Waals surface area contributed by atoms with Crippen LogP contribution in [0.15, 0.2) is 23.4 Å². The molecule has 0 spiro atoms. The smallest absolute Gasteiger partial charge is 0.272 e. The molecule has 1 heterocycles. The summed E-state index contributed by atoms with van der Waals surface area (Å²) in [6, 6.07) is 5.19. The number of oxime groups is 1. The van der Waals surface area contributed by atoms with Crippen molar-refractivity contribution in [2.45, 2.75) is 26.3 Å². The van der Waals surface area contributed by atoms with E-state index in [-0.39, 0.29) is 10.6 Å². The Balaban J connectivity index is 2.08. The Bertz CT molecular complexity index is 504. The van der Waals surface area contributed by atoms with E-state index in [1.54, 1.807) is 13.0 Å². The minimum absolute atomic E-state index is 0.173. The van der Waals surface area contributed by atoms with Gasteiger partial charge in [0.1, 0.15) is 0 Å². The third-order valence-electron chi connectivity index (χ3n) is 3.58. The van der Waals surface area contributed by atoms with Crippen LogP contribution >= 0.6 is 0 Å². The number of piperidine rings is 1. The molecular weight excluding hydrogens is 246 g/mol. The van der Waals surface area contributed by atoms with Crippen molar-refractivity contribution < 1.29 is 10.1 Å². The van der Waals surface area contributed by atoms with Crippen molar-refractivity contribution in [3.05, 3.63) is 39.4 Å². The highest BCUT2D eigenvalue weighted by Gasteiger charge is 2.18. The van der Waals surface area contributed by atoms with Crippen LogP contribution in [-0.4, -0.2) is 33.8 Å². The molecule has 102 valence electrons. The van der Waals surface area contributed by atoms with Gasteiger partial charge in [0.05, 0.1) is 10.6 Å². The fraction of sp³-hybridized carbons (Fsp3) is 0.462. The fourth-order valence-electron chi connectivity index (χ4n) is 2.35. The van der Waals surface area contributed by atoms with E-state index in [2.05, 4.69) is 10.1 Å². The van der Waals surface area contributed by atoms with E-state index in [9.17, 15) is 10.1 Å². The zero-order valence-electron chi connectivity index (χ0n) is 10.9. The Hall–Kier alpha value is -1.95. The molecule has 1 aliphatic rings. The molecule has 6 nitrogen and oxygen atoms in total. The maximum atomic E-state index is 10.9. The number of benzene rings is 1. The van der Waals surface area contributed by atoms with Crippen LogP contribution in [0.5, 0.6) is 0 Å². The highest BCUT2D eigenvalue weighted by molar-refractivity contribution is 5.84. The normalized spacial score (nSPS) is 16.4. The fourth-order valence-corrected chi connectivity index (χ4v) is 2.35. The lowest BCUT2D eigenvalue weighted by Crippen LogP contribution is -2.33. The number of likely N-dealkylation sites (tertiary alicyclic amines) is 1. The van der Waals surface area contributed by atoms with Crippen molar-refractivity contribution in [3.63, 3.8) is 0 Å². The summed E-state index contributed by atoms with van der Waals surface area (Å²) in [6.45, 7) is 4.13. The summed E-state index contributed by atoms with van der Waals surface area (Å²) >= 11 is 0. The van der Waals surface area contributed by atoms with Crippen molar-refractivity contribution in [1.29, 1.82) is 0 Å². The van der Waals surface area contributed by atoms with E-state index in [1.807, 2.05) is 6.07 Å². The Morgan fingerprint density at radius 2 is 2.11 bits per heavy atom. The largest absolute Gasteiger partial charge is 0.411 e. The van der Waals surface area contributed by atoms with Gasteiger partial charge < -0.3 is 5.21 Å². The second kappa shape index (κ2) is 5.79. The summed E-state index contributed by atoms with van der Waals surface area (Å²) in [7, 11) is 0. The first-order valence-corrected chi connectivity index (χ1v) is 6.27. The number of rotatable bonds is 3. The second-order valence-corrected chi connectivity index (χ2v) is 4.76. The summed E-state index contributed by atoms with van der Waals surface area (Å²) in [5.41, 5.74) is 2.71. The molecule has 1 N–H and O–H groups in total. The van der Waals surface area contributed by atoms with Crippen LogP contribution in [0.3, 0.4) is 0 Å². The van der Waals surface area contributed by atoms with E-state index < -0.39 is 0 Å². The minimum atomic E-state index is -0.342. The molecule has 6 heteroatoms. The molecule has 0 aromatic heterocycles. The molecule has 0 bridgehead atoms. The van der Waals surface area contributed by atoms with Crippen LogP contribution in [0, 0.1) is 17.0 Å². The summed E-state index contributed by atoms with van der Waals surface area (Å²) in [5.74, 6) is 0. The molecule has 1 aliphatic heterocycles. The molecule has 0 aliphatic carbocycles. The number of hydrogen-bond donors (Lipinski definition) is 1. The monoisotopic (exact) mass is 263 g/mol. The van der Waals surface area contributed by atoms with Crippen molar-refractivity contribution in [3.8, 4) is 0 Å². The third-order valence-corrected chi connectivity index (χ3v) is 3.58. The predicted octanol–water partition coefficient (Wildman–Crippen LogP) is 2.33. The summed E-state index contributed by atoms with van der Waals surface area (Å²) in [6.07, 6.45) is 1.51. The molecule has 0 amide bonds. The van der Waals surface area contributed by atoms with Crippen molar-refractivity contribution >= 4 is 11.4 Å². The Kier molecular flexibility index (Phi) is 4.11. The Morgan fingerprint density at radius 1 is 1.42 bits per heavy atom. The van der Waals surface area contributed by atoms with E-state index in [4.69, 9.17) is 5.21 Å². The number of hydrogen-bond acceptors (Lipinski definition) is 5. The van der Waals surface area contributed by atoms with Gasteiger partial charge in [-0.15, -0.1) is 0 Å². The Labute approximate surface area is 111 Å². The van der Waals surface area contributed by atoms with Crippen LogP contribution in [0.4, 0.5) is 5.69 Å². The molecule has 1 fully saturated rings. The SMILES string of the molecule is Cc1c(CN2CCC(=NO)CC2)cccc1[N+](=O)[O-]. The predicted molar refractivity (Wildman–Crippen MR) is 71.6 cm³/mol. The molecule has 0 atom stereocenters. The lowest BCUT2D eigenvalue weighted by molar-refractivity contribution is -0.385. The van der Waals surface area contributed by atoms with Gasteiger partial charge in [0, 0.05) is 44.1 Å². The summed E-state index contributed by atoms with van der Waals surface area (Å²) < 4.78 is 0. The average molecular weight is 263 g/mol. The van der Waals surface area contributed by atoms with Crippen molar-refractivity contribution in [2.75, 3.05) is 13.1 Å². The van der Waals surface area contributed by atoms with Gasteiger partial charge >= 0.3 is 0 Å². The quantitative estimate of drug-likeness (QED) is 0.515. The molecule has 0 saturated carbocycles. The number of nitrogens with zero attached hydrogens (tertiary/aromatic N) is 3. The average Bonchev–Trinajstić information content (AvgIpc) is 2.41. The maximum Gasteiger partial charge on any atom is 0.272 e. The molecule has 0 radical (unpaired) electrons. The standard InChI is InChI=1S/C13H17N3O3/c1-10-11(3-2-4-13(10)16(18)19)9-15-7-5-12(14-17)6-8-15/h2-4,17H,5-9H2,1H3. The number of nitro groups is 1. The molecule has 1 saturated heterocycles. The first kappa shape index (κ1) is 13.5. The van der Waals surface area contributed by atoms with Gasteiger partial charge in [-0.2, -0.15) is 0 Å². The second-order valence-electron chi connectivity index (χ2n) is 4.76. The molecule has 1 aromatic rings. The molecule has 1 aromatic carbocycles. The van der Waals surface area contributed by atoms with Crippen molar-refractivity contribution in [1.82, 2.24) is 4.90 Å². The van der Waals surface area contributed by atoms with Crippen LogP contribution in [-0.2, 0) is 6.54 Å². The summed E-state index contributed by atoms with van der Waals surface area (Å²) in [5, 5.41) is 22.8.